The van der Waals surface area contributed by atoms with Crippen LogP contribution in [0.25, 0.3) is 11.5 Å². The summed E-state index contributed by atoms with van der Waals surface area (Å²) in [5.41, 5.74) is 0.805. The van der Waals surface area contributed by atoms with Gasteiger partial charge in [0.15, 0.2) is 0 Å². The van der Waals surface area contributed by atoms with Gasteiger partial charge in [0, 0.05) is 16.6 Å². The van der Waals surface area contributed by atoms with E-state index in [2.05, 4.69) is 22.4 Å². The number of carbonyl (C=O) groups excluding carboxylic acids is 1. The van der Waals surface area contributed by atoms with Crippen molar-refractivity contribution >= 4 is 29.3 Å². The molecule has 1 aliphatic carbocycles. The Kier molecular flexibility index (Phi) is 5.79. The molecule has 2 atom stereocenters. The highest BCUT2D eigenvalue weighted by molar-refractivity contribution is 7.99. The highest BCUT2D eigenvalue weighted by Gasteiger charge is 2.23. The topological polar surface area (TPSA) is 68.0 Å². The van der Waals surface area contributed by atoms with Crippen LogP contribution >= 0.6 is 23.4 Å². The monoisotopic (exact) mass is 365 g/mol. The maximum atomic E-state index is 12.1. The molecule has 3 rings (SSSR count). The number of amides is 1. The van der Waals surface area contributed by atoms with E-state index in [9.17, 15) is 4.79 Å². The van der Waals surface area contributed by atoms with E-state index in [1.807, 2.05) is 12.1 Å². The average molecular weight is 366 g/mol. The fourth-order valence-corrected chi connectivity index (χ4v) is 3.58. The predicted octanol–water partition coefficient (Wildman–Crippen LogP) is 4.18. The SMILES string of the molecule is C[C@@H]1CCCC[C@H]1NC(=O)CSc1nnc(-c2ccc(Cl)cc2)o1. The third-order valence-corrected chi connectivity index (χ3v) is 5.35. The normalized spacial score (nSPS) is 20.8. The second-order valence-corrected chi connectivity index (χ2v) is 7.47. The van der Waals surface area contributed by atoms with Gasteiger partial charge in [-0.2, -0.15) is 0 Å². The minimum Gasteiger partial charge on any atom is -0.411 e. The Bertz CT molecular complexity index is 689. The Labute approximate surface area is 150 Å². The molecule has 1 amide bonds. The second-order valence-electron chi connectivity index (χ2n) is 6.10. The van der Waals surface area contributed by atoms with Gasteiger partial charge in [-0.1, -0.05) is 43.1 Å². The number of hydrogen-bond donors (Lipinski definition) is 1. The number of carbonyl (C=O) groups is 1. The van der Waals surface area contributed by atoms with Crippen LogP contribution in [0.3, 0.4) is 0 Å². The van der Waals surface area contributed by atoms with Crippen molar-refractivity contribution in [3.8, 4) is 11.5 Å². The number of thioether (sulfide) groups is 1. The summed E-state index contributed by atoms with van der Waals surface area (Å²) < 4.78 is 5.59. The Morgan fingerprint density at radius 1 is 1.29 bits per heavy atom. The van der Waals surface area contributed by atoms with E-state index >= 15 is 0 Å². The number of hydrogen-bond acceptors (Lipinski definition) is 5. The predicted molar refractivity (Wildman–Crippen MR) is 95.0 cm³/mol. The zero-order valence-electron chi connectivity index (χ0n) is 13.5. The molecular weight excluding hydrogens is 346 g/mol. The molecule has 5 nitrogen and oxygen atoms in total. The van der Waals surface area contributed by atoms with E-state index in [0.29, 0.717) is 28.1 Å². The number of nitrogens with one attached hydrogen (secondary N) is 1. The van der Waals surface area contributed by atoms with Gasteiger partial charge >= 0.3 is 0 Å². The molecule has 1 N–H and O–H groups in total. The van der Waals surface area contributed by atoms with Gasteiger partial charge in [-0.15, -0.1) is 10.2 Å². The summed E-state index contributed by atoms with van der Waals surface area (Å²) >= 11 is 7.12. The summed E-state index contributed by atoms with van der Waals surface area (Å²) in [6.07, 6.45) is 4.71. The number of benzene rings is 1. The smallest absolute Gasteiger partial charge is 0.277 e. The van der Waals surface area contributed by atoms with Gasteiger partial charge in [-0.05, 0) is 43.0 Å². The lowest BCUT2D eigenvalue weighted by molar-refractivity contribution is -0.119. The Morgan fingerprint density at radius 2 is 2.04 bits per heavy atom. The van der Waals surface area contributed by atoms with Crippen LogP contribution in [0.2, 0.25) is 5.02 Å². The van der Waals surface area contributed by atoms with Crippen molar-refractivity contribution in [3.05, 3.63) is 29.3 Å². The fourth-order valence-electron chi connectivity index (χ4n) is 2.88. The minimum absolute atomic E-state index is 0.0185. The van der Waals surface area contributed by atoms with E-state index in [4.69, 9.17) is 16.0 Å². The van der Waals surface area contributed by atoms with Crippen molar-refractivity contribution in [1.82, 2.24) is 15.5 Å². The van der Waals surface area contributed by atoms with Crippen LogP contribution in [0.1, 0.15) is 32.6 Å². The maximum absolute atomic E-state index is 12.1. The molecule has 128 valence electrons. The van der Waals surface area contributed by atoms with Gasteiger partial charge in [0.1, 0.15) is 0 Å². The number of nitrogens with zero attached hydrogens (tertiary/aromatic N) is 2. The summed E-state index contributed by atoms with van der Waals surface area (Å²) in [5.74, 6) is 1.28. The molecule has 1 saturated carbocycles. The average Bonchev–Trinajstić information content (AvgIpc) is 3.05. The highest BCUT2D eigenvalue weighted by Crippen LogP contribution is 2.26. The van der Waals surface area contributed by atoms with Crippen LogP contribution < -0.4 is 5.32 Å². The van der Waals surface area contributed by atoms with Crippen LogP contribution in [0.4, 0.5) is 0 Å². The summed E-state index contributed by atoms with van der Waals surface area (Å²) in [7, 11) is 0. The summed E-state index contributed by atoms with van der Waals surface area (Å²) in [4.78, 5) is 12.1. The lowest BCUT2D eigenvalue weighted by atomic mass is 9.86. The van der Waals surface area contributed by atoms with Crippen LogP contribution in [0.5, 0.6) is 0 Å². The van der Waals surface area contributed by atoms with Gasteiger partial charge in [0.2, 0.25) is 11.8 Å². The Hall–Kier alpha value is -1.53. The lowest BCUT2D eigenvalue weighted by Gasteiger charge is -2.29. The van der Waals surface area contributed by atoms with E-state index in [1.165, 1.54) is 31.0 Å². The van der Waals surface area contributed by atoms with Gasteiger partial charge in [0.25, 0.3) is 5.22 Å². The van der Waals surface area contributed by atoms with Crippen LogP contribution in [0, 0.1) is 5.92 Å². The number of halogens is 1. The minimum atomic E-state index is 0.0185. The van der Waals surface area contributed by atoms with Crippen molar-refractivity contribution in [2.24, 2.45) is 5.92 Å². The van der Waals surface area contributed by atoms with E-state index in [0.717, 1.165) is 12.0 Å². The molecule has 0 bridgehead atoms. The molecule has 1 heterocycles. The van der Waals surface area contributed by atoms with Crippen molar-refractivity contribution < 1.29 is 9.21 Å². The summed E-state index contributed by atoms with van der Waals surface area (Å²) in [6.45, 7) is 2.20. The molecule has 2 aromatic rings. The zero-order chi connectivity index (χ0) is 16.9. The molecule has 0 unspecified atom stereocenters. The second kappa shape index (κ2) is 8.03. The third-order valence-electron chi connectivity index (χ3n) is 4.28. The quantitative estimate of drug-likeness (QED) is 0.805. The summed E-state index contributed by atoms with van der Waals surface area (Å²) in [5, 5.41) is 12.2. The third kappa shape index (κ3) is 4.51. The van der Waals surface area contributed by atoms with E-state index in [1.54, 1.807) is 12.1 Å². The Balaban J connectivity index is 1.51. The van der Waals surface area contributed by atoms with Crippen LogP contribution in [-0.2, 0) is 4.79 Å². The standard InChI is InChI=1S/C17H20ClN3O2S/c1-11-4-2-3-5-14(11)19-15(22)10-24-17-21-20-16(23-17)12-6-8-13(18)9-7-12/h6-9,11,14H,2-5,10H2,1H3,(H,19,22)/t11-,14-/m1/s1. The molecule has 0 saturated heterocycles. The molecule has 0 radical (unpaired) electrons. The maximum Gasteiger partial charge on any atom is 0.277 e. The van der Waals surface area contributed by atoms with E-state index < -0.39 is 0 Å². The molecule has 1 aromatic heterocycles. The van der Waals surface area contributed by atoms with Crippen molar-refractivity contribution in [2.75, 3.05) is 5.75 Å². The van der Waals surface area contributed by atoms with Crippen molar-refractivity contribution in [1.29, 1.82) is 0 Å². The molecule has 1 fully saturated rings. The number of aromatic nitrogens is 2. The highest BCUT2D eigenvalue weighted by atomic mass is 35.5. The van der Waals surface area contributed by atoms with Crippen LogP contribution in [-0.4, -0.2) is 27.9 Å². The first-order chi connectivity index (χ1) is 11.6. The molecule has 1 aromatic carbocycles. The number of rotatable bonds is 5. The molecular formula is C17H20ClN3O2S. The lowest BCUT2D eigenvalue weighted by Crippen LogP contribution is -2.41. The first-order valence-corrected chi connectivity index (χ1v) is 9.50. The molecule has 0 aliphatic heterocycles. The van der Waals surface area contributed by atoms with Crippen LogP contribution in [0.15, 0.2) is 33.9 Å². The van der Waals surface area contributed by atoms with Crippen molar-refractivity contribution in [2.45, 2.75) is 43.9 Å². The summed E-state index contributed by atoms with van der Waals surface area (Å²) in [6, 6.07) is 7.47. The first-order valence-electron chi connectivity index (χ1n) is 8.13. The zero-order valence-corrected chi connectivity index (χ0v) is 15.1. The molecule has 0 spiro atoms. The molecule has 7 heteroatoms. The fraction of sp³-hybridized carbons (Fsp3) is 0.471. The molecule has 1 aliphatic rings. The first kappa shape index (κ1) is 17.3. The Morgan fingerprint density at radius 3 is 2.79 bits per heavy atom. The van der Waals surface area contributed by atoms with Gasteiger partial charge in [-0.25, -0.2) is 0 Å². The largest absolute Gasteiger partial charge is 0.411 e. The molecule has 24 heavy (non-hydrogen) atoms. The van der Waals surface area contributed by atoms with Gasteiger partial charge in [0.05, 0.1) is 5.75 Å². The van der Waals surface area contributed by atoms with Crippen molar-refractivity contribution in [3.63, 3.8) is 0 Å². The van der Waals surface area contributed by atoms with E-state index in [-0.39, 0.29) is 11.7 Å². The van der Waals surface area contributed by atoms with Gasteiger partial charge < -0.3 is 9.73 Å². The van der Waals surface area contributed by atoms with Gasteiger partial charge in [-0.3, -0.25) is 4.79 Å².